The predicted octanol–water partition coefficient (Wildman–Crippen LogP) is 3.57. The monoisotopic (exact) mass is 258 g/mol. The molecule has 0 bridgehead atoms. The van der Waals surface area contributed by atoms with Crippen LogP contribution in [-0.2, 0) is 6.61 Å². The first-order valence-corrected chi connectivity index (χ1v) is 6.01. The molecule has 0 radical (unpaired) electrons. The lowest BCUT2D eigenvalue weighted by atomic mass is 10.3. The molecule has 3 aromatic rings. The molecule has 0 N–H and O–H groups in total. The zero-order valence-corrected chi connectivity index (χ0v) is 10.3. The lowest BCUT2D eigenvalue weighted by Crippen LogP contribution is -1.94. The van der Waals surface area contributed by atoms with Crippen molar-refractivity contribution in [1.82, 2.24) is 9.38 Å². The van der Waals surface area contributed by atoms with E-state index in [1.54, 1.807) is 0 Å². The highest BCUT2D eigenvalue weighted by Gasteiger charge is 2.04. The summed E-state index contributed by atoms with van der Waals surface area (Å²) in [6.07, 6.45) is 1.89. The maximum atomic E-state index is 6.07. The van der Waals surface area contributed by atoms with Gasteiger partial charge >= 0.3 is 0 Å². The third-order valence-electron chi connectivity index (χ3n) is 2.62. The second-order valence-electron chi connectivity index (χ2n) is 3.91. The molecular formula is C14H11ClN2O. The van der Waals surface area contributed by atoms with Gasteiger partial charge in [0.25, 0.3) is 0 Å². The third-order valence-corrected chi connectivity index (χ3v) is 2.93. The van der Waals surface area contributed by atoms with Crippen molar-refractivity contribution in [3.63, 3.8) is 0 Å². The van der Waals surface area contributed by atoms with Gasteiger partial charge in [0.15, 0.2) is 0 Å². The number of fused-ring (bicyclic) bond motifs is 1. The molecule has 0 amide bonds. The van der Waals surface area contributed by atoms with Crippen molar-refractivity contribution < 1.29 is 4.74 Å². The van der Waals surface area contributed by atoms with Gasteiger partial charge in [-0.15, -0.1) is 0 Å². The number of imidazole rings is 1. The fourth-order valence-corrected chi connectivity index (χ4v) is 1.98. The molecule has 0 atom stereocenters. The Hall–Kier alpha value is -2.00. The van der Waals surface area contributed by atoms with E-state index in [1.807, 2.05) is 59.1 Å². The molecule has 0 saturated carbocycles. The summed E-state index contributed by atoms with van der Waals surface area (Å²) in [5.74, 6) is 0.834. The lowest BCUT2D eigenvalue weighted by Gasteiger charge is -2.02. The van der Waals surface area contributed by atoms with E-state index in [0.717, 1.165) is 17.1 Å². The van der Waals surface area contributed by atoms with Gasteiger partial charge in [-0.1, -0.05) is 35.9 Å². The molecule has 2 aromatic heterocycles. The molecule has 0 spiro atoms. The van der Waals surface area contributed by atoms with Gasteiger partial charge in [0.1, 0.15) is 23.2 Å². The summed E-state index contributed by atoms with van der Waals surface area (Å²) >= 11 is 6.07. The van der Waals surface area contributed by atoms with E-state index in [0.29, 0.717) is 11.8 Å². The van der Waals surface area contributed by atoms with Crippen LogP contribution in [0, 0.1) is 0 Å². The van der Waals surface area contributed by atoms with Crippen molar-refractivity contribution in [3.05, 3.63) is 65.6 Å². The van der Waals surface area contributed by atoms with Crippen LogP contribution in [-0.4, -0.2) is 9.38 Å². The van der Waals surface area contributed by atoms with E-state index in [9.17, 15) is 0 Å². The molecule has 0 saturated heterocycles. The highest BCUT2D eigenvalue weighted by atomic mass is 35.5. The van der Waals surface area contributed by atoms with Crippen molar-refractivity contribution in [3.8, 4) is 5.75 Å². The largest absolute Gasteiger partial charge is 0.487 e. The van der Waals surface area contributed by atoms with Gasteiger partial charge in [0.2, 0.25) is 0 Å². The molecule has 2 heterocycles. The van der Waals surface area contributed by atoms with Crippen LogP contribution >= 0.6 is 11.6 Å². The minimum Gasteiger partial charge on any atom is -0.487 e. The number of halogens is 1. The van der Waals surface area contributed by atoms with Crippen LogP contribution in [0.5, 0.6) is 5.75 Å². The molecule has 90 valence electrons. The van der Waals surface area contributed by atoms with Crippen molar-refractivity contribution >= 4 is 17.2 Å². The molecule has 4 heteroatoms. The summed E-state index contributed by atoms with van der Waals surface area (Å²) in [4.78, 5) is 4.44. The molecule has 1 aromatic carbocycles. The van der Waals surface area contributed by atoms with Crippen LogP contribution in [0.25, 0.3) is 5.65 Å². The van der Waals surface area contributed by atoms with E-state index >= 15 is 0 Å². The van der Waals surface area contributed by atoms with Crippen molar-refractivity contribution in [2.75, 3.05) is 0 Å². The van der Waals surface area contributed by atoms with Crippen molar-refractivity contribution in [1.29, 1.82) is 0 Å². The van der Waals surface area contributed by atoms with Crippen molar-refractivity contribution in [2.24, 2.45) is 0 Å². The molecule has 0 aliphatic carbocycles. The van der Waals surface area contributed by atoms with Crippen LogP contribution in [0.2, 0.25) is 5.15 Å². The first kappa shape index (κ1) is 11.1. The number of hydrogen-bond acceptors (Lipinski definition) is 2. The van der Waals surface area contributed by atoms with Crippen LogP contribution in [0.4, 0.5) is 0 Å². The summed E-state index contributed by atoms with van der Waals surface area (Å²) in [5, 5.41) is 0.644. The second kappa shape index (κ2) is 4.70. The van der Waals surface area contributed by atoms with Gasteiger partial charge < -0.3 is 4.74 Å². The summed E-state index contributed by atoms with van der Waals surface area (Å²) < 4.78 is 7.48. The number of hydrogen-bond donors (Lipinski definition) is 0. The quantitative estimate of drug-likeness (QED) is 0.672. The van der Waals surface area contributed by atoms with Crippen LogP contribution in [0.1, 0.15) is 5.69 Å². The first-order valence-electron chi connectivity index (χ1n) is 5.63. The van der Waals surface area contributed by atoms with E-state index in [-0.39, 0.29) is 0 Å². The zero-order valence-electron chi connectivity index (χ0n) is 9.58. The Bertz CT molecular complexity index is 664. The standard InChI is InChI=1S/C14H11ClN2O/c15-13-7-4-8-14-16-11(9-17(13)14)10-18-12-5-2-1-3-6-12/h1-9H,10H2. The Morgan fingerprint density at radius 1 is 1.06 bits per heavy atom. The summed E-state index contributed by atoms with van der Waals surface area (Å²) in [6.45, 7) is 0.433. The highest BCUT2D eigenvalue weighted by Crippen LogP contribution is 2.15. The number of aromatic nitrogens is 2. The van der Waals surface area contributed by atoms with E-state index in [4.69, 9.17) is 16.3 Å². The molecule has 0 unspecified atom stereocenters. The molecule has 0 aliphatic rings. The number of para-hydroxylation sites is 1. The van der Waals surface area contributed by atoms with Gasteiger partial charge in [-0.05, 0) is 24.3 Å². The van der Waals surface area contributed by atoms with E-state index in [1.165, 1.54) is 0 Å². The Balaban J connectivity index is 1.81. The minimum atomic E-state index is 0.433. The van der Waals surface area contributed by atoms with Gasteiger partial charge in [0, 0.05) is 6.20 Å². The second-order valence-corrected chi connectivity index (χ2v) is 4.30. The topological polar surface area (TPSA) is 26.5 Å². The Labute approximate surface area is 110 Å². The normalized spacial score (nSPS) is 10.7. The number of benzene rings is 1. The smallest absolute Gasteiger partial charge is 0.138 e. The Kier molecular flexibility index (Phi) is 2.90. The number of nitrogens with zero attached hydrogens (tertiary/aromatic N) is 2. The van der Waals surface area contributed by atoms with Gasteiger partial charge in [0.05, 0.1) is 5.69 Å². The van der Waals surface area contributed by atoms with Crippen LogP contribution in [0.3, 0.4) is 0 Å². The van der Waals surface area contributed by atoms with Gasteiger partial charge in [-0.25, -0.2) is 4.98 Å². The number of rotatable bonds is 3. The minimum absolute atomic E-state index is 0.433. The number of ether oxygens (including phenoxy) is 1. The molecular weight excluding hydrogens is 248 g/mol. The van der Waals surface area contributed by atoms with Gasteiger partial charge in [-0.2, -0.15) is 0 Å². The molecule has 0 fully saturated rings. The first-order chi connectivity index (χ1) is 8.83. The summed E-state index contributed by atoms with van der Waals surface area (Å²) in [5.41, 5.74) is 1.68. The van der Waals surface area contributed by atoms with Crippen LogP contribution in [0.15, 0.2) is 54.7 Å². The Morgan fingerprint density at radius 3 is 2.67 bits per heavy atom. The maximum absolute atomic E-state index is 6.07. The summed E-state index contributed by atoms with van der Waals surface area (Å²) in [6, 6.07) is 15.3. The fourth-order valence-electron chi connectivity index (χ4n) is 1.77. The SMILES string of the molecule is Clc1cccc2nc(COc3ccccc3)cn12. The van der Waals surface area contributed by atoms with E-state index < -0.39 is 0 Å². The molecule has 3 rings (SSSR count). The Morgan fingerprint density at radius 2 is 1.89 bits per heavy atom. The molecule has 18 heavy (non-hydrogen) atoms. The van der Waals surface area contributed by atoms with Crippen LogP contribution < -0.4 is 4.74 Å². The van der Waals surface area contributed by atoms with Gasteiger partial charge in [-0.3, -0.25) is 4.40 Å². The highest BCUT2D eigenvalue weighted by molar-refractivity contribution is 6.29. The number of pyridine rings is 1. The van der Waals surface area contributed by atoms with Crippen molar-refractivity contribution in [2.45, 2.75) is 6.61 Å². The molecule has 3 nitrogen and oxygen atoms in total. The fraction of sp³-hybridized carbons (Fsp3) is 0.0714. The third kappa shape index (κ3) is 2.17. The average molecular weight is 259 g/mol. The lowest BCUT2D eigenvalue weighted by molar-refractivity contribution is 0.302. The van der Waals surface area contributed by atoms with E-state index in [2.05, 4.69) is 4.98 Å². The maximum Gasteiger partial charge on any atom is 0.138 e. The molecule has 0 aliphatic heterocycles. The summed E-state index contributed by atoms with van der Waals surface area (Å²) in [7, 11) is 0. The predicted molar refractivity (Wildman–Crippen MR) is 71.0 cm³/mol. The average Bonchev–Trinajstić information content (AvgIpc) is 2.82. The zero-order chi connectivity index (χ0) is 12.4.